The van der Waals surface area contributed by atoms with Crippen LogP contribution in [0.2, 0.25) is 0 Å². The van der Waals surface area contributed by atoms with Gasteiger partial charge in [-0.05, 0) is 30.9 Å². The maximum atomic E-state index is 12.7. The number of nitrogens with one attached hydrogen (secondary N) is 1. The monoisotopic (exact) mass is 392 g/mol. The molecule has 5 rings (SSSR count). The fraction of sp³-hybridized carbons (Fsp3) is 0.350. The number of amides is 2. The highest BCUT2D eigenvalue weighted by molar-refractivity contribution is 5.90. The third-order valence-corrected chi connectivity index (χ3v) is 6.09. The molecular formula is C20H20N6O3. The molecule has 0 radical (unpaired) electrons. The molecule has 1 saturated heterocycles. The Bertz CT molecular complexity index is 1110. The lowest BCUT2D eigenvalue weighted by atomic mass is 9.81. The zero-order chi connectivity index (χ0) is 20.0. The van der Waals surface area contributed by atoms with Crippen molar-refractivity contribution in [3.8, 4) is 5.82 Å². The Morgan fingerprint density at radius 2 is 2.03 bits per heavy atom. The summed E-state index contributed by atoms with van der Waals surface area (Å²) < 4.78 is 1.55. The van der Waals surface area contributed by atoms with Crippen molar-refractivity contribution in [3.63, 3.8) is 0 Å². The lowest BCUT2D eigenvalue weighted by Gasteiger charge is -2.23. The van der Waals surface area contributed by atoms with Crippen LogP contribution in [0.25, 0.3) is 16.9 Å². The normalized spacial score (nSPS) is 23.3. The van der Waals surface area contributed by atoms with Crippen LogP contribution in [0.1, 0.15) is 19.3 Å². The number of carbonyl (C=O) groups excluding carboxylic acids is 1. The average molecular weight is 392 g/mol. The van der Waals surface area contributed by atoms with Gasteiger partial charge in [-0.15, -0.1) is 0 Å². The SMILES string of the molecule is O=C(Nc1cnn(-c2cnc3ccccc3n2)c1)N1C[C@@H]2CCC[C@@]2(C(=O)O)C1. The van der Waals surface area contributed by atoms with Gasteiger partial charge in [-0.3, -0.25) is 9.78 Å². The van der Waals surface area contributed by atoms with Crippen LogP contribution in [0.15, 0.2) is 42.9 Å². The van der Waals surface area contributed by atoms with Crippen molar-refractivity contribution in [2.24, 2.45) is 11.3 Å². The predicted octanol–water partition coefficient (Wildman–Crippen LogP) is 2.53. The number of carboxylic acid groups (broad SMARTS) is 1. The Morgan fingerprint density at radius 3 is 2.83 bits per heavy atom. The van der Waals surface area contributed by atoms with Crippen molar-refractivity contribution >= 4 is 28.7 Å². The Labute approximate surface area is 166 Å². The second-order valence-electron chi connectivity index (χ2n) is 7.75. The van der Waals surface area contributed by atoms with Crippen molar-refractivity contribution in [1.82, 2.24) is 24.6 Å². The van der Waals surface area contributed by atoms with E-state index in [1.807, 2.05) is 24.3 Å². The summed E-state index contributed by atoms with van der Waals surface area (Å²) in [5.41, 5.74) is 1.28. The molecule has 2 fully saturated rings. The van der Waals surface area contributed by atoms with E-state index in [-0.39, 0.29) is 18.5 Å². The molecule has 2 N–H and O–H groups in total. The number of fused-ring (bicyclic) bond motifs is 2. The number of benzene rings is 1. The Balaban J connectivity index is 1.31. The molecule has 2 atom stereocenters. The quantitative estimate of drug-likeness (QED) is 0.708. The van der Waals surface area contributed by atoms with Crippen molar-refractivity contribution < 1.29 is 14.7 Å². The van der Waals surface area contributed by atoms with Crippen molar-refractivity contribution in [2.75, 3.05) is 18.4 Å². The highest BCUT2D eigenvalue weighted by Gasteiger charge is 2.55. The summed E-state index contributed by atoms with van der Waals surface area (Å²) in [6, 6.07) is 7.25. The molecule has 2 aromatic heterocycles. The van der Waals surface area contributed by atoms with E-state index in [2.05, 4.69) is 20.4 Å². The number of likely N-dealkylation sites (tertiary alicyclic amines) is 1. The Kier molecular flexibility index (Phi) is 3.97. The second kappa shape index (κ2) is 6.54. The molecule has 2 amide bonds. The van der Waals surface area contributed by atoms with Crippen LogP contribution in [0.5, 0.6) is 0 Å². The van der Waals surface area contributed by atoms with Gasteiger partial charge in [0.25, 0.3) is 0 Å². The maximum Gasteiger partial charge on any atom is 0.321 e. The van der Waals surface area contributed by atoms with E-state index < -0.39 is 11.4 Å². The topological polar surface area (TPSA) is 113 Å². The summed E-state index contributed by atoms with van der Waals surface area (Å²) in [4.78, 5) is 35.0. The number of aromatic nitrogens is 4. The first-order chi connectivity index (χ1) is 14.0. The van der Waals surface area contributed by atoms with Gasteiger partial charge in [-0.2, -0.15) is 5.10 Å². The fourth-order valence-electron chi connectivity index (χ4n) is 4.57. The molecule has 0 spiro atoms. The molecule has 29 heavy (non-hydrogen) atoms. The standard InChI is InChI=1S/C20H20N6O3/c27-18(28)20-7-3-4-13(20)10-25(12-20)19(29)23-14-8-22-26(11-14)17-9-21-15-5-1-2-6-16(15)24-17/h1-2,5-6,8-9,11,13H,3-4,7,10,12H2,(H,23,29)(H,27,28)/t13-,20+/m0/s1. The minimum atomic E-state index is -0.794. The van der Waals surface area contributed by atoms with Gasteiger partial charge in [0.1, 0.15) is 0 Å². The Hall–Kier alpha value is -3.49. The van der Waals surface area contributed by atoms with E-state index in [0.717, 1.165) is 23.9 Å². The summed E-state index contributed by atoms with van der Waals surface area (Å²) >= 11 is 0. The van der Waals surface area contributed by atoms with Crippen molar-refractivity contribution in [3.05, 3.63) is 42.9 Å². The number of hydrogen-bond acceptors (Lipinski definition) is 5. The van der Waals surface area contributed by atoms with Gasteiger partial charge in [0, 0.05) is 13.1 Å². The van der Waals surface area contributed by atoms with Gasteiger partial charge >= 0.3 is 12.0 Å². The number of urea groups is 1. The molecule has 2 aliphatic rings. The minimum Gasteiger partial charge on any atom is -0.481 e. The molecule has 3 heterocycles. The number of aliphatic carboxylic acids is 1. The van der Waals surface area contributed by atoms with Crippen LogP contribution in [0, 0.1) is 11.3 Å². The van der Waals surface area contributed by atoms with Crippen LogP contribution in [-0.2, 0) is 4.79 Å². The number of hydrogen-bond donors (Lipinski definition) is 2. The number of para-hydroxylation sites is 2. The maximum absolute atomic E-state index is 12.7. The number of rotatable bonds is 3. The first kappa shape index (κ1) is 17.6. The van der Waals surface area contributed by atoms with Gasteiger partial charge in [0.15, 0.2) is 5.82 Å². The fourth-order valence-corrected chi connectivity index (χ4v) is 4.57. The first-order valence-corrected chi connectivity index (χ1v) is 9.61. The summed E-state index contributed by atoms with van der Waals surface area (Å²) in [5, 5.41) is 16.8. The first-order valence-electron chi connectivity index (χ1n) is 9.61. The molecular weight excluding hydrogens is 372 g/mol. The third kappa shape index (κ3) is 2.89. The predicted molar refractivity (Wildman–Crippen MR) is 105 cm³/mol. The molecule has 3 aromatic rings. The van der Waals surface area contributed by atoms with Crippen LogP contribution < -0.4 is 5.32 Å². The smallest absolute Gasteiger partial charge is 0.321 e. The molecule has 9 heteroatoms. The van der Waals surface area contributed by atoms with Crippen LogP contribution in [0.3, 0.4) is 0 Å². The Morgan fingerprint density at radius 1 is 1.21 bits per heavy atom. The molecule has 1 aliphatic heterocycles. The molecule has 1 saturated carbocycles. The summed E-state index contributed by atoms with van der Waals surface area (Å²) in [7, 11) is 0. The molecule has 9 nitrogen and oxygen atoms in total. The van der Waals surface area contributed by atoms with Gasteiger partial charge in [-0.25, -0.2) is 14.5 Å². The van der Waals surface area contributed by atoms with E-state index in [0.29, 0.717) is 24.5 Å². The zero-order valence-electron chi connectivity index (χ0n) is 15.7. The van der Waals surface area contributed by atoms with E-state index >= 15 is 0 Å². The number of nitrogens with zero attached hydrogens (tertiary/aromatic N) is 5. The van der Waals surface area contributed by atoms with Gasteiger partial charge in [0.2, 0.25) is 0 Å². The summed E-state index contributed by atoms with van der Waals surface area (Å²) in [6.07, 6.45) is 7.23. The average Bonchev–Trinajstić information content (AvgIpc) is 3.42. The molecule has 1 aliphatic carbocycles. The van der Waals surface area contributed by atoms with Gasteiger partial charge in [0.05, 0.1) is 40.7 Å². The lowest BCUT2D eigenvalue weighted by Crippen LogP contribution is -2.38. The highest BCUT2D eigenvalue weighted by Crippen LogP contribution is 2.48. The van der Waals surface area contributed by atoms with Crippen LogP contribution in [-0.4, -0.2) is 54.8 Å². The van der Waals surface area contributed by atoms with E-state index in [9.17, 15) is 14.7 Å². The third-order valence-electron chi connectivity index (χ3n) is 6.09. The van der Waals surface area contributed by atoms with E-state index in [1.54, 1.807) is 28.2 Å². The number of carbonyl (C=O) groups is 2. The highest BCUT2D eigenvalue weighted by atomic mass is 16.4. The second-order valence-corrected chi connectivity index (χ2v) is 7.75. The number of carboxylic acids is 1. The van der Waals surface area contributed by atoms with Crippen LogP contribution in [0.4, 0.5) is 10.5 Å². The largest absolute Gasteiger partial charge is 0.481 e. The van der Waals surface area contributed by atoms with E-state index in [1.165, 1.54) is 0 Å². The van der Waals surface area contributed by atoms with Crippen molar-refractivity contribution in [2.45, 2.75) is 19.3 Å². The summed E-state index contributed by atoms with van der Waals surface area (Å²) in [5.74, 6) is -0.218. The molecule has 0 bridgehead atoms. The zero-order valence-corrected chi connectivity index (χ0v) is 15.7. The molecule has 148 valence electrons. The minimum absolute atomic E-state index is 0.0290. The van der Waals surface area contributed by atoms with Gasteiger partial charge in [-0.1, -0.05) is 18.6 Å². The van der Waals surface area contributed by atoms with E-state index in [4.69, 9.17) is 0 Å². The molecule has 1 aromatic carbocycles. The van der Waals surface area contributed by atoms with Crippen molar-refractivity contribution in [1.29, 1.82) is 0 Å². The summed E-state index contributed by atoms with van der Waals surface area (Å²) in [6.45, 7) is 0.728. The molecule has 0 unspecified atom stereocenters. The van der Waals surface area contributed by atoms with Crippen LogP contribution >= 0.6 is 0 Å². The lowest BCUT2D eigenvalue weighted by molar-refractivity contribution is -0.149. The van der Waals surface area contributed by atoms with Gasteiger partial charge < -0.3 is 15.3 Å². The number of anilines is 1.